The summed E-state index contributed by atoms with van der Waals surface area (Å²) in [7, 11) is 0. The Bertz CT molecular complexity index is 402. The van der Waals surface area contributed by atoms with E-state index >= 15 is 0 Å². The minimum atomic E-state index is -0.415. The first-order valence-electron chi connectivity index (χ1n) is 5.18. The second-order valence-corrected chi connectivity index (χ2v) is 3.94. The minimum absolute atomic E-state index is 0.252. The number of benzene rings is 1. The molecule has 1 saturated carbocycles. The van der Waals surface area contributed by atoms with Crippen LogP contribution in [0.3, 0.4) is 0 Å². The van der Waals surface area contributed by atoms with Crippen LogP contribution in [0.1, 0.15) is 12.0 Å². The Morgan fingerprint density at radius 3 is 2.50 bits per heavy atom. The molecule has 0 bridgehead atoms. The Morgan fingerprint density at radius 1 is 1.25 bits per heavy atom. The number of rotatable bonds is 4. The van der Waals surface area contributed by atoms with Crippen LogP contribution in [0.15, 0.2) is 30.3 Å². The van der Waals surface area contributed by atoms with Gasteiger partial charge >= 0.3 is 5.97 Å². The van der Waals surface area contributed by atoms with E-state index in [-0.39, 0.29) is 24.4 Å². The molecule has 1 aliphatic rings. The molecule has 84 valence electrons. The Labute approximate surface area is 93.4 Å². The lowest BCUT2D eigenvalue weighted by atomic mass is 10.2. The van der Waals surface area contributed by atoms with Crippen molar-refractivity contribution in [3.8, 4) is 0 Å². The lowest BCUT2D eigenvalue weighted by molar-refractivity contribution is -0.147. The van der Waals surface area contributed by atoms with Gasteiger partial charge in [-0.05, 0) is 12.0 Å². The Morgan fingerprint density at radius 2 is 1.94 bits per heavy atom. The van der Waals surface area contributed by atoms with Crippen LogP contribution in [0.2, 0.25) is 0 Å². The molecule has 0 spiro atoms. The Kier molecular flexibility index (Phi) is 2.90. The van der Waals surface area contributed by atoms with E-state index < -0.39 is 5.91 Å². The second kappa shape index (κ2) is 4.35. The summed E-state index contributed by atoms with van der Waals surface area (Å²) in [6, 6.07) is 9.42. The van der Waals surface area contributed by atoms with Gasteiger partial charge in [-0.1, -0.05) is 30.3 Å². The molecule has 0 saturated heterocycles. The van der Waals surface area contributed by atoms with Gasteiger partial charge in [0.2, 0.25) is 5.91 Å². The third-order valence-electron chi connectivity index (χ3n) is 2.68. The van der Waals surface area contributed by atoms with Crippen molar-refractivity contribution in [3.63, 3.8) is 0 Å². The predicted octanol–water partition coefficient (Wildman–Crippen LogP) is 0.851. The first-order chi connectivity index (χ1) is 7.68. The zero-order valence-electron chi connectivity index (χ0n) is 8.76. The highest BCUT2D eigenvalue weighted by atomic mass is 16.5. The number of carbonyl (C=O) groups is 2. The maximum Gasteiger partial charge on any atom is 0.310 e. The molecule has 1 aliphatic carbocycles. The average molecular weight is 219 g/mol. The van der Waals surface area contributed by atoms with Crippen molar-refractivity contribution >= 4 is 11.9 Å². The molecule has 2 rings (SSSR count). The fraction of sp³-hybridized carbons (Fsp3) is 0.333. The van der Waals surface area contributed by atoms with Gasteiger partial charge in [0.25, 0.3) is 0 Å². The summed E-state index contributed by atoms with van der Waals surface area (Å²) in [6.07, 6.45) is 0.531. The topological polar surface area (TPSA) is 69.4 Å². The molecule has 4 heteroatoms. The van der Waals surface area contributed by atoms with Crippen molar-refractivity contribution < 1.29 is 14.3 Å². The molecular formula is C12H13NO3. The molecule has 0 heterocycles. The standard InChI is InChI=1S/C12H13NO3/c13-11(14)9-6-10(9)12(15)16-7-8-4-2-1-3-5-8/h1-5,9-10H,6-7H2,(H2,13,14)/t9-,10-/m1/s1. The first kappa shape index (κ1) is 10.7. The highest BCUT2D eigenvalue weighted by Gasteiger charge is 2.48. The van der Waals surface area contributed by atoms with Crippen molar-refractivity contribution in [2.24, 2.45) is 17.6 Å². The second-order valence-electron chi connectivity index (χ2n) is 3.94. The Balaban J connectivity index is 1.80. The van der Waals surface area contributed by atoms with E-state index in [0.29, 0.717) is 6.42 Å². The molecule has 0 aliphatic heterocycles. The molecule has 2 atom stereocenters. The predicted molar refractivity (Wildman–Crippen MR) is 57.0 cm³/mol. The van der Waals surface area contributed by atoms with Crippen molar-refractivity contribution in [1.29, 1.82) is 0 Å². The fourth-order valence-electron chi connectivity index (χ4n) is 1.61. The van der Waals surface area contributed by atoms with Crippen LogP contribution in [-0.2, 0) is 20.9 Å². The lowest BCUT2D eigenvalue weighted by Crippen LogP contribution is -2.17. The largest absolute Gasteiger partial charge is 0.461 e. The zero-order chi connectivity index (χ0) is 11.5. The summed E-state index contributed by atoms with van der Waals surface area (Å²) < 4.78 is 5.09. The SMILES string of the molecule is NC(=O)[C@@H]1C[C@H]1C(=O)OCc1ccccc1. The molecule has 1 amide bonds. The third-order valence-corrected chi connectivity index (χ3v) is 2.68. The summed E-state index contributed by atoms with van der Waals surface area (Å²) in [5.41, 5.74) is 6.02. The molecule has 1 aromatic rings. The number of hydrogen-bond donors (Lipinski definition) is 1. The van der Waals surface area contributed by atoms with E-state index in [9.17, 15) is 9.59 Å². The molecule has 4 nitrogen and oxygen atoms in total. The van der Waals surface area contributed by atoms with Gasteiger partial charge < -0.3 is 10.5 Å². The fourth-order valence-corrected chi connectivity index (χ4v) is 1.61. The van der Waals surface area contributed by atoms with Crippen LogP contribution in [-0.4, -0.2) is 11.9 Å². The number of carbonyl (C=O) groups excluding carboxylic acids is 2. The van der Waals surface area contributed by atoms with E-state index in [1.165, 1.54) is 0 Å². The van der Waals surface area contributed by atoms with Gasteiger partial charge in [0.15, 0.2) is 0 Å². The van der Waals surface area contributed by atoms with Crippen LogP contribution in [0.4, 0.5) is 0 Å². The number of esters is 1. The first-order valence-corrected chi connectivity index (χ1v) is 5.18. The van der Waals surface area contributed by atoms with Gasteiger partial charge in [-0.2, -0.15) is 0 Å². The van der Waals surface area contributed by atoms with Gasteiger partial charge in [-0.15, -0.1) is 0 Å². The normalized spacial score (nSPS) is 22.5. The zero-order valence-corrected chi connectivity index (χ0v) is 8.76. The number of nitrogens with two attached hydrogens (primary N) is 1. The smallest absolute Gasteiger partial charge is 0.310 e. The average Bonchev–Trinajstić information content (AvgIpc) is 3.07. The third kappa shape index (κ3) is 2.39. The molecular weight excluding hydrogens is 206 g/mol. The van der Waals surface area contributed by atoms with E-state index in [1.54, 1.807) is 0 Å². The van der Waals surface area contributed by atoms with E-state index in [0.717, 1.165) is 5.56 Å². The molecule has 0 aromatic heterocycles. The van der Waals surface area contributed by atoms with Crippen LogP contribution < -0.4 is 5.73 Å². The van der Waals surface area contributed by atoms with E-state index in [2.05, 4.69) is 0 Å². The minimum Gasteiger partial charge on any atom is -0.461 e. The van der Waals surface area contributed by atoms with Crippen LogP contribution in [0, 0.1) is 11.8 Å². The molecule has 2 N–H and O–H groups in total. The summed E-state index contributed by atoms with van der Waals surface area (Å²) in [5.74, 6) is -1.38. The maximum absolute atomic E-state index is 11.5. The van der Waals surface area contributed by atoms with Crippen molar-refractivity contribution in [3.05, 3.63) is 35.9 Å². The summed E-state index contributed by atoms with van der Waals surface area (Å²) >= 11 is 0. The molecule has 1 aromatic carbocycles. The van der Waals surface area contributed by atoms with Gasteiger partial charge in [-0.3, -0.25) is 9.59 Å². The number of hydrogen-bond acceptors (Lipinski definition) is 3. The molecule has 1 fully saturated rings. The van der Waals surface area contributed by atoms with E-state index in [4.69, 9.17) is 10.5 Å². The van der Waals surface area contributed by atoms with Crippen molar-refractivity contribution in [1.82, 2.24) is 0 Å². The highest BCUT2D eigenvalue weighted by molar-refractivity contribution is 5.89. The summed E-state index contributed by atoms with van der Waals surface area (Å²) in [5, 5.41) is 0. The monoisotopic (exact) mass is 219 g/mol. The quantitative estimate of drug-likeness (QED) is 0.763. The maximum atomic E-state index is 11.5. The highest BCUT2D eigenvalue weighted by Crippen LogP contribution is 2.39. The lowest BCUT2D eigenvalue weighted by Gasteiger charge is -2.03. The van der Waals surface area contributed by atoms with Crippen molar-refractivity contribution in [2.45, 2.75) is 13.0 Å². The van der Waals surface area contributed by atoms with Gasteiger partial charge in [0, 0.05) is 0 Å². The Hall–Kier alpha value is -1.84. The van der Waals surface area contributed by atoms with E-state index in [1.807, 2.05) is 30.3 Å². The van der Waals surface area contributed by atoms with Crippen molar-refractivity contribution in [2.75, 3.05) is 0 Å². The number of ether oxygens (including phenoxy) is 1. The van der Waals surface area contributed by atoms with Gasteiger partial charge in [-0.25, -0.2) is 0 Å². The van der Waals surface area contributed by atoms with Crippen LogP contribution in [0.5, 0.6) is 0 Å². The number of amides is 1. The van der Waals surface area contributed by atoms with Gasteiger partial charge in [0.1, 0.15) is 6.61 Å². The molecule has 16 heavy (non-hydrogen) atoms. The van der Waals surface area contributed by atoms with Gasteiger partial charge in [0.05, 0.1) is 11.8 Å². The van der Waals surface area contributed by atoms with Crippen LogP contribution >= 0.6 is 0 Å². The molecule has 0 radical (unpaired) electrons. The summed E-state index contributed by atoms with van der Waals surface area (Å²) in [6.45, 7) is 0.252. The molecule has 0 unspecified atom stereocenters. The summed E-state index contributed by atoms with van der Waals surface area (Å²) in [4.78, 5) is 22.2. The van der Waals surface area contributed by atoms with Crippen LogP contribution in [0.25, 0.3) is 0 Å². The number of primary amides is 1.